The van der Waals surface area contributed by atoms with Crippen LogP contribution in [0.15, 0.2) is 52.2 Å². The summed E-state index contributed by atoms with van der Waals surface area (Å²) in [6, 6.07) is 8.95. The monoisotopic (exact) mass is 392 g/mol. The summed E-state index contributed by atoms with van der Waals surface area (Å²) in [6.07, 6.45) is 7.04. The van der Waals surface area contributed by atoms with Crippen molar-refractivity contribution in [2.45, 2.75) is 32.7 Å². The number of guanidine groups is 1. The van der Waals surface area contributed by atoms with Crippen LogP contribution in [-0.4, -0.2) is 61.4 Å². The van der Waals surface area contributed by atoms with Crippen molar-refractivity contribution < 1.29 is 0 Å². The van der Waals surface area contributed by atoms with Gasteiger partial charge in [-0.2, -0.15) is 0 Å². The summed E-state index contributed by atoms with van der Waals surface area (Å²) >= 11 is 0. The molecule has 0 atom stereocenters. The second-order valence-electron chi connectivity index (χ2n) is 8.11. The lowest BCUT2D eigenvalue weighted by Gasteiger charge is -2.32. The molecule has 1 aromatic carbocycles. The molecule has 154 valence electrons. The van der Waals surface area contributed by atoms with Crippen molar-refractivity contribution in [3.8, 4) is 0 Å². The van der Waals surface area contributed by atoms with Gasteiger partial charge in [-0.25, -0.2) is 9.98 Å². The lowest BCUT2D eigenvalue weighted by atomic mass is 9.94. The first-order valence-corrected chi connectivity index (χ1v) is 10.8. The van der Waals surface area contributed by atoms with Gasteiger partial charge in [0.05, 0.1) is 0 Å². The molecule has 3 aliphatic rings. The molecule has 0 amide bonds. The number of piperazine rings is 1. The molecule has 0 unspecified atom stereocenters. The molecule has 0 saturated carbocycles. The summed E-state index contributed by atoms with van der Waals surface area (Å²) in [6.45, 7) is 8.75. The zero-order valence-electron chi connectivity index (χ0n) is 17.6. The number of nitrogens with zero attached hydrogens (tertiary/aromatic N) is 4. The van der Waals surface area contributed by atoms with Crippen LogP contribution in [0.1, 0.15) is 37.3 Å². The summed E-state index contributed by atoms with van der Waals surface area (Å²) < 4.78 is 0. The van der Waals surface area contributed by atoms with Gasteiger partial charge in [-0.1, -0.05) is 37.6 Å². The SMILES string of the molecule is CCCCNC1=NC=C2CC(=NC=C2c2ccc(CN3CCN(C)CC3)cc2)N1. The van der Waals surface area contributed by atoms with Crippen LogP contribution in [0.4, 0.5) is 0 Å². The number of aliphatic imine (C=N–C) groups is 2. The minimum atomic E-state index is 0.789. The van der Waals surface area contributed by atoms with Crippen molar-refractivity contribution in [1.82, 2.24) is 20.4 Å². The molecule has 1 aromatic rings. The number of rotatable bonds is 6. The molecule has 29 heavy (non-hydrogen) atoms. The van der Waals surface area contributed by atoms with Crippen molar-refractivity contribution in [2.75, 3.05) is 39.8 Å². The van der Waals surface area contributed by atoms with Crippen LogP contribution >= 0.6 is 0 Å². The Balaban J connectivity index is 1.43. The summed E-state index contributed by atoms with van der Waals surface area (Å²) in [5.74, 6) is 1.75. The van der Waals surface area contributed by atoms with Gasteiger partial charge < -0.3 is 15.5 Å². The van der Waals surface area contributed by atoms with Gasteiger partial charge in [0.25, 0.3) is 0 Å². The van der Waals surface area contributed by atoms with Gasteiger partial charge in [-0.05, 0) is 30.2 Å². The van der Waals surface area contributed by atoms with Crippen molar-refractivity contribution >= 4 is 17.4 Å². The molecule has 1 saturated heterocycles. The Labute approximate surface area is 174 Å². The molecule has 1 fully saturated rings. The molecule has 2 N–H and O–H groups in total. The number of fused-ring (bicyclic) bond motifs is 2. The third-order valence-electron chi connectivity index (χ3n) is 5.76. The molecule has 4 rings (SSSR count). The van der Waals surface area contributed by atoms with Crippen molar-refractivity contribution in [3.05, 3.63) is 53.4 Å². The van der Waals surface area contributed by atoms with Gasteiger partial charge in [0.1, 0.15) is 5.84 Å². The molecular weight excluding hydrogens is 360 g/mol. The average molecular weight is 393 g/mol. The largest absolute Gasteiger partial charge is 0.356 e. The molecule has 0 radical (unpaired) electrons. The Bertz CT molecular complexity index is 825. The van der Waals surface area contributed by atoms with Crippen LogP contribution in [0.3, 0.4) is 0 Å². The highest BCUT2D eigenvalue weighted by molar-refractivity contribution is 6.05. The molecule has 2 bridgehead atoms. The highest BCUT2D eigenvalue weighted by Crippen LogP contribution is 2.30. The first-order valence-electron chi connectivity index (χ1n) is 10.8. The summed E-state index contributed by atoms with van der Waals surface area (Å²) in [5.41, 5.74) is 4.96. The third kappa shape index (κ3) is 5.14. The summed E-state index contributed by atoms with van der Waals surface area (Å²) in [5, 5.41) is 6.68. The molecule has 0 aromatic heterocycles. The number of nitrogens with one attached hydrogen (secondary N) is 2. The first-order chi connectivity index (χ1) is 14.2. The van der Waals surface area contributed by atoms with E-state index in [4.69, 9.17) is 0 Å². The van der Waals surface area contributed by atoms with Crippen molar-refractivity contribution in [2.24, 2.45) is 9.98 Å². The van der Waals surface area contributed by atoms with Crippen molar-refractivity contribution in [3.63, 3.8) is 0 Å². The first kappa shape index (κ1) is 19.9. The van der Waals surface area contributed by atoms with E-state index in [1.807, 2.05) is 12.4 Å². The van der Waals surface area contributed by atoms with Crippen LogP contribution < -0.4 is 10.6 Å². The van der Waals surface area contributed by atoms with Crippen molar-refractivity contribution in [1.29, 1.82) is 0 Å². The maximum Gasteiger partial charge on any atom is 0.201 e. The fourth-order valence-corrected chi connectivity index (χ4v) is 3.84. The normalized spacial score (nSPS) is 20.1. The zero-order valence-corrected chi connectivity index (χ0v) is 17.6. The highest BCUT2D eigenvalue weighted by atomic mass is 15.2. The van der Waals surface area contributed by atoms with Gasteiger partial charge in [0, 0.05) is 63.7 Å². The van der Waals surface area contributed by atoms with Crippen LogP contribution in [0.25, 0.3) is 5.57 Å². The van der Waals surface area contributed by atoms with Gasteiger partial charge in [0.15, 0.2) is 0 Å². The van der Waals surface area contributed by atoms with Gasteiger partial charge >= 0.3 is 0 Å². The minimum absolute atomic E-state index is 0.789. The number of amidine groups is 1. The number of benzene rings is 1. The van der Waals surface area contributed by atoms with E-state index in [-0.39, 0.29) is 0 Å². The summed E-state index contributed by atoms with van der Waals surface area (Å²) in [7, 11) is 2.20. The van der Waals surface area contributed by atoms with E-state index in [2.05, 4.69) is 68.7 Å². The molecule has 0 spiro atoms. The molecule has 6 nitrogen and oxygen atoms in total. The maximum atomic E-state index is 4.64. The number of hydrogen-bond acceptors (Lipinski definition) is 6. The second kappa shape index (κ2) is 9.37. The average Bonchev–Trinajstić information content (AvgIpc) is 2.90. The van der Waals surface area contributed by atoms with E-state index < -0.39 is 0 Å². The molecule has 0 aliphatic carbocycles. The van der Waals surface area contributed by atoms with Crippen LogP contribution in [0.2, 0.25) is 0 Å². The van der Waals surface area contributed by atoms with Crippen LogP contribution in [0, 0.1) is 0 Å². The fraction of sp³-hybridized carbons (Fsp3) is 0.478. The van der Waals surface area contributed by atoms with E-state index in [1.165, 1.54) is 28.7 Å². The predicted octanol–water partition coefficient (Wildman–Crippen LogP) is 2.81. The number of likely N-dealkylation sites (N-methyl/N-ethyl adjacent to an activating group) is 1. The van der Waals surface area contributed by atoms with Crippen LogP contribution in [0.5, 0.6) is 0 Å². The number of hydrogen-bond donors (Lipinski definition) is 2. The lowest BCUT2D eigenvalue weighted by Crippen LogP contribution is -2.43. The fourth-order valence-electron chi connectivity index (χ4n) is 3.84. The van der Waals surface area contributed by atoms with E-state index in [1.54, 1.807) is 0 Å². The van der Waals surface area contributed by atoms with E-state index in [9.17, 15) is 0 Å². The minimum Gasteiger partial charge on any atom is -0.356 e. The Morgan fingerprint density at radius 2 is 1.83 bits per heavy atom. The quantitative estimate of drug-likeness (QED) is 0.731. The predicted molar refractivity (Wildman–Crippen MR) is 121 cm³/mol. The van der Waals surface area contributed by atoms with Gasteiger partial charge in [-0.15, -0.1) is 0 Å². The maximum absolute atomic E-state index is 4.64. The lowest BCUT2D eigenvalue weighted by molar-refractivity contribution is 0.148. The Morgan fingerprint density at radius 1 is 1.03 bits per heavy atom. The standard InChI is InChI=1S/C23H32N6/c1-3-4-9-24-23-26-15-20-14-22(27-23)25-16-21(20)19-7-5-18(6-8-19)17-29-12-10-28(2)11-13-29/h5-8,15-16H,3-4,9-14,17H2,1-2H3,(H2,24,25,26,27). The van der Waals surface area contributed by atoms with E-state index in [0.717, 1.165) is 63.9 Å². The zero-order chi connectivity index (χ0) is 20.1. The second-order valence-corrected chi connectivity index (χ2v) is 8.11. The Hall–Kier alpha value is -2.44. The Kier molecular flexibility index (Phi) is 6.42. The summed E-state index contributed by atoms with van der Waals surface area (Å²) in [4.78, 5) is 14.2. The van der Waals surface area contributed by atoms with Crippen LogP contribution in [-0.2, 0) is 6.54 Å². The smallest absolute Gasteiger partial charge is 0.201 e. The molecule has 6 heteroatoms. The molecule has 3 aliphatic heterocycles. The molecular formula is C23H32N6. The number of unbranched alkanes of at least 4 members (excludes halogenated alkanes) is 1. The Morgan fingerprint density at radius 3 is 2.59 bits per heavy atom. The third-order valence-corrected chi connectivity index (χ3v) is 5.76. The number of allylic oxidation sites excluding steroid dienone is 1. The highest BCUT2D eigenvalue weighted by Gasteiger charge is 2.19. The molecule has 3 heterocycles. The van der Waals surface area contributed by atoms with Gasteiger partial charge in [0.2, 0.25) is 5.96 Å². The van der Waals surface area contributed by atoms with E-state index >= 15 is 0 Å². The van der Waals surface area contributed by atoms with Gasteiger partial charge in [-0.3, -0.25) is 4.90 Å². The van der Waals surface area contributed by atoms with E-state index in [0.29, 0.717) is 0 Å². The topological polar surface area (TPSA) is 55.3 Å².